The second-order valence-electron chi connectivity index (χ2n) is 14.7. The van der Waals surface area contributed by atoms with Crippen LogP contribution in [0.2, 0.25) is 0 Å². The van der Waals surface area contributed by atoms with Crippen molar-refractivity contribution in [1.82, 2.24) is 0 Å². The molecule has 0 aromatic heterocycles. The van der Waals surface area contributed by atoms with Gasteiger partial charge in [0.05, 0.1) is 5.41 Å². The van der Waals surface area contributed by atoms with E-state index in [2.05, 4.69) is 194 Å². The lowest BCUT2D eigenvalue weighted by atomic mass is 9.69. The van der Waals surface area contributed by atoms with E-state index in [1.807, 2.05) is 0 Å². The van der Waals surface area contributed by atoms with Crippen molar-refractivity contribution in [2.75, 3.05) is 0 Å². The molecule has 2 aliphatic carbocycles. The van der Waals surface area contributed by atoms with E-state index in [1.165, 1.54) is 110 Å². The molecule has 0 amide bonds. The van der Waals surface area contributed by atoms with Crippen LogP contribution in [0.15, 0.2) is 194 Å². The Bertz CT molecular complexity index is 3120. The Balaban J connectivity index is 1.31. The monoisotopic (exact) mass is 668 g/mol. The van der Waals surface area contributed by atoms with E-state index < -0.39 is 5.41 Å². The van der Waals surface area contributed by atoms with Crippen molar-refractivity contribution in [2.24, 2.45) is 0 Å². The van der Waals surface area contributed by atoms with Crippen LogP contribution in [0.4, 0.5) is 0 Å². The Kier molecular flexibility index (Phi) is 5.80. The molecule has 0 heteroatoms. The highest BCUT2D eigenvalue weighted by Gasteiger charge is 2.53. The van der Waals surface area contributed by atoms with E-state index in [1.54, 1.807) is 0 Å². The van der Waals surface area contributed by atoms with Crippen molar-refractivity contribution in [2.45, 2.75) is 5.41 Å². The van der Waals surface area contributed by atoms with Gasteiger partial charge in [-0.2, -0.15) is 0 Å². The molecule has 0 fully saturated rings. The standard InChI is InChI=1S/C53H32/c1-2-14-33(15-3-1)45-31-37(50-39-20-8-6-18-36(39)30-46-38-19-7-4-16-34(38)26-28-43(46)50)32-49-51(45)44-29-27-35-17-5-9-21-40(35)52(44)53(49)47-24-12-10-22-41(47)42-23-11-13-25-48(42)53/h1-32H. The minimum atomic E-state index is -0.495. The summed E-state index contributed by atoms with van der Waals surface area (Å²) in [6, 6.07) is 73.0. The Labute approximate surface area is 308 Å². The summed E-state index contributed by atoms with van der Waals surface area (Å²) in [6.07, 6.45) is 0. The van der Waals surface area contributed by atoms with Crippen molar-refractivity contribution in [3.05, 3.63) is 216 Å². The Morgan fingerprint density at radius 3 is 1.60 bits per heavy atom. The van der Waals surface area contributed by atoms with Gasteiger partial charge in [0, 0.05) is 0 Å². The first-order valence-corrected chi connectivity index (χ1v) is 18.6. The van der Waals surface area contributed by atoms with Gasteiger partial charge in [0.1, 0.15) is 0 Å². The van der Waals surface area contributed by atoms with Crippen LogP contribution in [0, 0.1) is 0 Å². The molecule has 0 saturated carbocycles. The summed E-state index contributed by atoms with van der Waals surface area (Å²) >= 11 is 0. The van der Waals surface area contributed by atoms with Crippen molar-refractivity contribution < 1.29 is 0 Å². The zero-order valence-electron chi connectivity index (χ0n) is 29.0. The zero-order valence-corrected chi connectivity index (χ0v) is 29.0. The van der Waals surface area contributed by atoms with Crippen LogP contribution in [-0.2, 0) is 5.41 Å². The molecule has 1 spiro atoms. The number of rotatable bonds is 2. The molecule has 0 aliphatic heterocycles. The second-order valence-corrected chi connectivity index (χ2v) is 14.7. The molecular formula is C53H32. The normalized spacial score (nSPS) is 13.4. The van der Waals surface area contributed by atoms with Gasteiger partial charge >= 0.3 is 0 Å². The van der Waals surface area contributed by atoms with Gasteiger partial charge in [0.15, 0.2) is 0 Å². The highest BCUT2D eigenvalue weighted by atomic mass is 14.5. The first-order chi connectivity index (χ1) is 26.3. The van der Waals surface area contributed by atoms with Gasteiger partial charge in [0.2, 0.25) is 0 Å². The molecule has 0 radical (unpaired) electrons. The summed E-state index contributed by atoms with van der Waals surface area (Å²) in [5.41, 5.74) is 15.3. The summed E-state index contributed by atoms with van der Waals surface area (Å²) in [5, 5.41) is 10.2. The molecular weight excluding hydrogens is 637 g/mol. The molecule has 0 saturated heterocycles. The number of hydrogen-bond donors (Lipinski definition) is 0. The van der Waals surface area contributed by atoms with E-state index in [9.17, 15) is 0 Å². The molecule has 0 atom stereocenters. The third-order valence-corrected chi connectivity index (χ3v) is 12.2. The first kappa shape index (κ1) is 28.9. The lowest BCUT2D eigenvalue weighted by Crippen LogP contribution is -2.26. The van der Waals surface area contributed by atoms with Crippen LogP contribution >= 0.6 is 0 Å². The molecule has 2 aliphatic rings. The van der Waals surface area contributed by atoms with E-state index in [4.69, 9.17) is 0 Å². The predicted octanol–water partition coefficient (Wildman–Crippen LogP) is 14.0. The fourth-order valence-corrected chi connectivity index (χ4v) is 10.2. The molecule has 244 valence electrons. The Hall–Kier alpha value is -6.76. The van der Waals surface area contributed by atoms with Gasteiger partial charge in [-0.05, 0) is 128 Å². The van der Waals surface area contributed by atoms with Crippen LogP contribution in [0.25, 0.3) is 87.6 Å². The maximum absolute atomic E-state index is 2.58. The molecule has 53 heavy (non-hydrogen) atoms. The van der Waals surface area contributed by atoms with Crippen LogP contribution in [-0.4, -0.2) is 0 Å². The Morgan fingerprint density at radius 1 is 0.264 bits per heavy atom. The minimum Gasteiger partial charge on any atom is -0.0622 e. The molecule has 0 bridgehead atoms. The largest absolute Gasteiger partial charge is 0.0731 e. The summed E-state index contributed by atoms with van der Waals surface area (Å²) < 4.78 is 0. The number of hydrogen-bond acceptors (Lipinski definition) is 0. The zero-order chi connectivity index (χ0) is 34.7. The maximum atomic E-state index is 2.58. The van der Waals surface area contributed by atoms with Gasteiger partial charge in [-0.1, -0.05) is 176 Å². The van der Waals surface area contributed by atoms with Crippen LogP contribution < -0.4 is 0 Å². The molecule has 10 aromatic carbocycles. The quantitative estimate of drug-likeness (QED) is 0.127. The second kappa shape index (κ2) is 10.6. The Morgan fingerprint density at radius 2 is 0.849 bits per heavy atom. The summed E-state index contributed by atoms with van der Waals surface area (Å²) in [6.45, 7) is 0. The highest BCUT2D eigenvalue weighted by molar-refractivity contribution is 6.21. The number of benzene rings is 10. The molecule has 10 aromatic rings. The maximum Gasteiger partial charge on any atom is 0.0731 e. The van der Waals surface area contributed by atoms with Crippen molar-refractivity contribution in [3.63, 3.8) is 0 Å². The lowest BCUT2D eigenvalue weighted by Gasteiger charge is -2.32. The smallest absolute Gasteiger partial charge is 0.0622 e. The molecule has 0 unspecified atom stereocenters. The van der Waals surface area contributed by atoms with Crippen LogP contribution in [0.5, 0.6) is 0 Å². The van der Waals surface area contributed by atoms with Crippen molar-refractivity contribution in [3.8, 4) is 44.5 Å². The summed E-state index contributed by atoms with van der Waals surface area (Å²) in [7, 11) is 0. The van der Waals surface area contributed by atoms with E-state index in [0.29, 0.717) is 0 Å². The van der Waals surface area contributed by atoms with Crippen molar-refractivity contribution >= 4 is 43.1 Å². The van der Waals surface area contributed by atoms with Gasteiger partial charge in [-0.15, -0.1) is 0 Å². The molecule has 0 heterocycles. The fraction of sp³-hybridized carbons (Fsp3) is 0.0189. The number of fused-ring (bicyclic) bond motifs is 16. The topological polar surface area (TPSA) is 0 Å². The van der Waals surface area contributed by atoms with Gasteiger partial charge in [-0.25, -0.2) is 0 Å². The van der Waals surface area contributed by atoms with Crippen LogP contribution in [0.1, 0.15) is 22.3 Å². The van der Waals surface area contributed by atoms with Crippen LogP contribution in [0.3, 0.4) is 0 Å². The molecule has 12 rings (SSSR count). The van der Waals surface area contributed by atoms with Gasteiger partial charge in [-0.3, -0.25) is 0 Å². The first-order valence-electron chi connectivity index (χ1n) is 18.6. The average molecular weight is 669 g/mol. The predicted molar refractivity (Wildman–Crippen MR) is 224 cm³/mol. The third kappa shape index (κ3) is 3.75. The van der Waals surface area contributed by atoms with Crippen molar-refractivity contribution in [1.29, 1.82) is 0 Å². The fourth-order valence-electron chi connectivity index (χ4n) is 10.2. The lowest BCUT2D eigenvalue weighted by molar-refractivity contribution is 0.802. The minimum absolute atomic E-state index is 0.495. The van der Waals surface area contributed by atoms with E-state index in [-0.39, 0.29) is 0 Å². The molecule has 0 N–H and O–H groups in total. The summed E-state index contributed by atoms with van der Waals surface area (Å²) in [5.74, 6) is 0. The van der Waals surface area contributed by atoms with E-state index in [0.717, 1.165) is 0 Å². The summed E-state index contributed by atoms with van der Waals surface area (Å²) in [4.78, 5) is 0. The average Bonchev–Trinajstić information content (AvgIpc) is 3.70. The highest BCUT2D eigenvalue weighted by Crippen LogP contribution is 2.66. The molecule has 0 nitrogen and oxygen atoms in total. The van der Waals surface area contributed by atoms with E-state index >= 15 is 0 Å². The third-order valence-electron chi connectivity index (χ3n) is 12.2. The SMILES string of the molecule is c1ccc(-c2cc(-c3c4ccccc4cc4c3ccc3ccccc34)cc3c2-c2ccc4ccccc4c2C32c3ccccc3-c3ccccc32)cc1. The van der Waals surface area contributed by atoms with Gasteiger partial charge < -0.3 is 0 Å². The van der Waals surface area contributed by atoms with Gasteiger partial charge in [0.25, 0.3) is 0 Å².